The van der Waals surface area contributed by atoms with Crippen molar-refractivity contribution < 1.29 is 9.53 Å². The average molecular weight is 316 g/mol. The highest BCUT2D eigenvalue weighted by molar-refractivity contribution is 14.1. The van der Waals surface area contributed by atoms with Crippen LogP contribution in [-0.2, 0) is 4.79 Å². The highest BCUT2D eigenvalue weighted by atomic mass is 127. The van der Waals surface area contributed by atoms with Gasteiger partial charge >= 0.3 is 0 Å². The van der Waals surface area contributed by atoms with E-state index in [0.29, 0.717) is 5.75 Å². The van der Waals surface area contributed by atoms with Crippen molar-refractivity contribution in [1.82, 2.24) is 5.32 Å². The molecule has 0 saturated heterocycles. The number of ether oxygens (including phenoxy) is 1. The van der Waals surface area contributed by atoms with Gasteiger partial charge in [0.1, 0.15) is 12.3 Å². The number of benzene rings is 1. The predicted octanol–water partition coefficient (Wildman–Crippen LogP) is 1.31. The number of rotatable bonds is 4. The van der Waals surface area contributed by atoms with Gasteiger partial charge in [-0.1, -0.05) is 12.1 Å². The molecule has 0 aromatic heterocycles. The number of nitriles is 1. The number of carbonyl (C=O) groups excluding carboxylic acids is 1. The molecule has 0 saturated carbocycles. The first kappa shape index (κ1) is 11.8. The molecule has 78 valence electrons. The summed E-state index contributed by atoms with van der Waals surface area (Å²) in [5.74, 6) is 0.376. The van der Waals surface area contributed by atoms with E-state index < -0.39 is 0 Å². The van der Waals surface area contributed by atoms with Gasteiger partial charge in [0.25, 0.3) is 5.91 Å². The summed E-state index contributed by atoms with van der Waals surface area (Å²) in [6.07, 6.45) is 0. The molecule has 0 heterocycles. The van der Waals surface area contributed by atoms with Gasteiger partial charge in [-0.3, -0.25) is 4.79 Å². The Labute approximate surface area is 101 Å². The van der Waals surface area contributed by atoms with Crippen LogP contribution in [-0.4, -0.2) is 19.1 Å². The van der Waals surface area contributed by atoms with E-state index in [1.807, 2.05) is 24.3 Å². The predicted molar refractivity (Wildman–Crippen MR) is 63.3 cm³/mol. The summed E-state index contributed by atoms with van der Waals surface area (Å²) in [5, 5.41) is 10.6. The minimum atomic E-state index is -0.295. The van der Waals surface area contributed by atoms with Gasteiger partial charge in [-0.15, -0.1) is 0 Å². The molecule has 0 atom stereocenters. The molecule has 0 fully saturated rings. The van der Waals surface area contributed by atoms with Gasteiger partial charge in [-0.05, 0) is 34.7 Å². The molecule has 1 N–H and O–H groups in total. The first-order valence-electron chi connectivity index (χ1n) is 4.25. The zero-order valence-corrected chi connectivity index (χ0v) is 10.0. The monoisotopic (exact) mass is 316 g/mol. The summed E-state index contributed by atoms with van der Waals surface area (Å²) in [4.78, 5) is 11.1. The van der Waals surface area contributed by atoms with E-state index in [1.54, 1.807) is 6.07 Å². The molecule has 5 heteroatoms. The molecule has 0 unspecified atom stereocenters. The zero-order chi connectivity index (χ0) is 11.1. The van der Waals surface area contributed by atoms with E-state index >= 15 is 0 Å². The van der Waals surface area contributed by atoms with Crippen LogP contribution in [0.1, 0.15) is 0 Å². The molecule has 0 aliphatic rings. The van der Waals surface area contributed by atoms with Crippen LogP contribution in [0.5, 0.6) is 5.75 Å². The van der Waals surface area contributed by atoms with E-state index in [1.165, 1.54) is 0 Å². The lowest BCUT2D eigenvalue weighted by atomic mass is 10.3. The number of carbonyl (C=O) groups is 1. The van der Waals surface area contributed by atoms with E-state index in [2.05, 4.69) is 27.9 Å². The van der Waals surface area contributed by atoms with Crippen LogP contribution in [0.2, 0.25) is 0 Å². The van der Waals surface area contributed by atoms with E-state index in [-0.39, 0.29) is 19.1 Å². The minimum Gasteiger partial charge on any atom is -0.483 e. The highest BCUT2D eigenvalue weighted by Crippen LogP contribution is 2.19. The highest BCUT2D eigenvalue weighted by Gasteiger charge is 2.03. The molecule has 1 aromatic rings. The fourth-order valence-electron chi connectivity index (χ4n) is 0.894. The Morgan fingerprint density at radius 3 is 2.93 bits per heavy atom. The molecule has 4 nitrogen and oxygen atoms in total. The van der Waals surface area contributed by atoms with Gasteiger partial charge in [-0.2, -0.15) is 5.26 Å². The number of nitrogens with zero attached hydrogens (tertiary/aromatic N) is 1. The summed E-state index contributed by atoms with van der Waals surface area (Å²) in [5.41, 5.74) is 0. The van der Waals surface area contributed by atoms with Gasteiger partial charge < -0.3 is 10.1 Å². The summed E-state index contributed by atoms with van der Waals surface area (Å²) >= 11 is 2.13. The van der Waals surface area contributed by atoms with Crippen LogP contribution in [0.4, 0.5) is 0 Å². The quantitative estimate of drug-likeness (QED) is 0.673. The van der Waals surface area contributed by atoms with Crippen LogP contribution in [0.3, 0.4) is 0 Å². The minimum absolute atomic E-state index is 0.00801. The molecule has 0 bridgehead atoms. The van der Waals surface area contributed by atoms with Gasteiger partial charge in [0, 0.05) is 0 Å². The topological polar surface area (TPSA) is 62.1 Å². The van der Waals surface area contributed by atoms with Crippen molar-refractivity contribution in [2.45, 2.75) is 0 Å². The molecule has 15 heavy (non-hydrogen) atoms. The molecular weight excluding hydrogens is 307 g/mol. The third kappa shape index (κ3) is 4.16. The molecule has 0 radical (unpaired) electrons. The summed E-state index contributed by atoms with van der Waals surface area (Å²) in [6, 6.07) is 9.23. The molecule has 0 aliphatic heterocycles. The van der Waals surface area contributed by atoms with Crippen LogP contribution in [0, 0.1) is 14.9 Å². The van der Waals surface area contributed by atoms with Crippen LogP contribution in [0.15, 0.2) is 24.3 Å². The molecule has 0 aliphatic carbocycles. The zero-order valence-electron chi connectivity index (χ0n) is 7.87. The molecular formula is C10H9IN2O2. The Morgan fingerprint density at radius 1 is 1.53 bits per heavy atom. The normalized spacial score (nSPS) is 9.07. The lowest BCUT2D eigenvalue weighted by molar-refractivity contribution is -0.122. The van der Waals surface area contributed by atoms with Crippen molar-refractivity contribution in [1.29, 1.82) is 5.26 Å². The third-order valence-electron chi connectivity index (χ3n) is 1.56. The SMILES string of the molecule is N#CCNC(=O)COc1ccccc1I. The van der Waals surface area contributed by atoms with E-state index in [0.717, 1.165) is 3.57 Å². The lowest BCUT2D eigenvalue weighted by Gasteiger charge is -2.06. The lowest BCUT2D eigenvalue weighted by Crippen LogP contribution is -2.29. The first-order chi connectivity index (χ1) is 7.24. The largest absolute Gasteiger partial charge is 0.483 e. The van der Waals surface area contributed by atoms with Crippen molar-refractivity contribution in [3.63, 3.8) is 0 Å². The summed E-state index contributed by atoms with van der Waals surface area (Å²) in [6.45, 7) is -0.0598. The Bertz CT molecular complexity index is 387. The maximum atomic E-state index is 11.1. The van der Waals surface area contributed by atoms with Gasteiger partial charge in [0.05, 0.1) is 9.64 Å². The van der Waals surface area contributed by atoms with Crippen molar-refractivity contribution in [2.24, 2.45) is 0 Å². The Hall–Kier alpha value is -1.29. The number of hydrogen-bond donors (Lipinski definition) is 1. The van der Waals surface area contributed by atoms with Crippen LogP contribution >= 0.6 is 22.6 Å². The summed E-state index contributed by atoms with van der Waals surface area (Å²) < 4.78 is 6.21. The second kappa shape index (κ2) is 6.24. The smallest absolute Gasteiger partial charge is 0.258 e. The van der Waals surface area contributed by atoms with Gasteiger partial charge in [0.2, 0.25) is 0 Å². The number of nitrogens with one attached hydrogen (secondary N) is 1. The molecule has 0 spiro atoms. The van der Waals surface area contributed by atoms with E-state index in [9.17, 15) is 4.79 Å². The second-order valence-electron chi connectivity index (χ2n) is 2.65. The number of hydrogen-bond acceptors (Lipinski definition) is 3. The molecule has 1 aromatic carbocycles. The molecule has 1 rings (SSSR count). The standard InChI is InChI=1S/C10H9IN2O2/c11-8-3-1-2-4-9(8)15-7-10(14)13-6-5-12/h1-4H,6-7H2,(H,13,14). The van der Waals surface area contributed by atoms with Gasteiger partial charge in [-0.25, -0.2) is 0 Å². The molecule has 1 amide bonds. The van der Waals surface area contributed by atoms with E-state index in [4.69, 9.17) is 10.00 Å². The van der Waals surface area contributed by atoms with Crippen LogP contribution in [0.25, 0.3) is 0 Å². The van der Waals surface area contributed by atoms with Crippen LogP contribution < -0.4 is 10.1 Å². The van der Waals surface area contributed by atoms with Gasteiger partial charge in [0.15, 0.2) is 6.61 Å². The Morgan fingerprint density at radius 2 is 2.27 bits per heavy atom. The summed E-state index contributed by atoms with van der Waals surface area (Å²) in [7, 11) is 0. The second-order valence-corrected chi connectivity index (χ2v) is 3.82. The van der Waals surface area contributed by atoms with Crippen molar-refractivity contribution in [3.8, 4) is 11.8 Å². The van der Waals surface area contributed by atoms with Crippen molar-refractivity contribution in [2.75, 3.05) is 13.2 Å². The van der Waals surface area contributed by atoms with Crippen molar-refractivity contribution >= 4 is 28.5 Å². The first-order valence-corrected chi connectivity index (χ1v) is 5.33. The maximum Gasteiger partial charge on any atom is 0.258 e. The fraction of sp³-hybridized carbons (Fsp3) is 0.200. The third-order valence-corrected chi connectivity index (χ3v) is 2.45. The number of halogens is 1. The maximum absolute atomic E-state index is 11.1. The van der Waals surface area contributed by atoms with Crippen molar-refractivity contribution in [3.05, 3.63) is 27.8 Å². The Kier molecular flexibility index (Phi) is 4.90. The average Bonchev–Trinajstić information content (AvgIpc) is 2.25. The number of para-hydroxylation sites is 1. The Balaban J connectivity index is 2.41. The fourth-order valence-corrected chi connectivity index (χ4v) is 1.44. The number of amides is 1.